The molecule has 0 aliphatic rings. The number of sulfonamides is 1. The Kier molecular flexibility index (Phi) is 7.20. The molecule has 8 heteroatoms. The molecular formula is C23H23ClN2O4S. The van der Waals surface area contributed by atoms with Crippen LogP contribution in [0.1, 0.15) is 12.5 Å². The molecule has 0 atom stereocenters. The van der Waals surface area contributed by atoms with Crippen molar-refractivity contribution in [1.29, 1.82) is 0 Å². The van der Waals surface area contributed by atoms with Crippen LogP contribution in [0.4, 0.5) is 11.4 Å². The van der Waals surface area contributed by atoms with Crippen molar-refractivity contribution in [2.45, 2.75) is 18.2 Å². The van der Waals surface area contributed by atoms with Crippen molar-refractivity contribution in [2.75, 3.05) is 23.3 Å². The third-order valence-electron chi connectivity index (χ3n) is 4.70. The lowest BCUT2D eigenvalue weighted by Crippen LogP contribution is -2.38. The highest BCUT2D eigenvalue weighted by molar-refractivity contribution is 7.92. The molecule has 3 aromatic carbocycles. The molecule has 0 spiro atoms. The number of carbonyl (C=O) groups excluding carboxylic acids is 1. The summed E-state index contributed by atoms with van der Waals surface area (Å²) in [5.74, 6) is -0.0172. The van der Waals surface area contributed by atoms with Crippen LogP contribution in [0.3, 0.4) is 0 Å². The second kappa shape index (κ2) is 9.85. The van der Waals surface area contributed by atoms with Crippen molar-refractivity contribution in [3.63, 3.8) is 0 Å². The molecular weight excluding hydrogens is 436 g/mol. The van der Waals surface area contributed by atoms with Gasteiger partial charge >= 0.3 is 0 Å². The number of nitrogens with zero attached hydrogens (tertiary/aromatic N) is 1. The van der Waals surface area contributed by atoms with Crippen LogP contribution in [0.25, 0.3) is 0 Å². The predicted octanol–water partition coefficient (Wildman–Crippen LogP) is 4.75. The van der Waals surface area contributed by atoms with E-state index >= 15 is 0 Å². The van der Waals surface area contributed by atoms with Crippen LogP contribution < -0.4 is 14.4 Å². The van der Waals surface area contributed by atoms with Crippen molar-refractivity contribution >= 4 is 38.9 Å². The van der Waals surface area contributed by atoms with E-state index in [4.69, 9.17) is 16.3 Å². The van der Waals surface area contributed by atoms with E-state index in [0.717, 1.165) is 9.87 Å². The zero-order valence-electron chi connectivity index (χ0n) is 17.2. The van der Waals surface area contributed by atoms with Gasteiger partial charge in [-0.1, -0.05) is 54.9 Å². The molecule has 0 saturated carbocycles. The van der Waals surface area contributed by atoms with Crippen LogP contribution >= 0.6 is 11.6 Å². The number of carbonyl (C=O) groups is 1. The molecule has 1 amide bonds. The standard InChI is InChI=1S/C23H23ClN2O4S/c1-3-17-9-7-8-12-21(17)26(31(28,29)19-10-5-4-6-11-19)16-23(27)25-18-13-14-22(30-2)20(24)15-18/h4-15H,3,16H2,1-2H3,(H,25,27). The van der Waals surface area contributed by atoms with Crippen LogP contribution in [0.15, 0.2) is 77.7 Å². The van der Waals surface area contributed by atoms with Crippen molar-refractivity contribution in [3.8, 4) is 5.75 Å². The molecule has 0 aliphatic carbocycles. The summed E-state index contributed by atoms with van der Waals surface area (Å²) in [6, 6.07) is 20.0. The molecule has 0 saturated heterocycles. The summed E-state index contributed by atoms with van der Waals surface area (Å²) in [5.41, 5.74) is 1.73. The van der Waals surface area contributed by atoms with Crippen LogP contribution in [0.2, 0.25) is 5.02 Å². The van der Waals surface area contributed by atoms with Crippen LogP contribution in [0.5, 0.6) is 5.75 Å². The molecule has 31 heavy (non-hydrogen) atoms. The Morgan fingerprint density at radius 1 is 1.03 bits per heavy atom. The van der Waals surface area contributed by atoms with Crippen LogP contribution in [0, 0.1) is 0 Å². The van der Waals surface area contributed by atoms with Crippen molar-refractivity contribution < 1.29 is 17.9 Å². The van der Waals surface area contributed by atoms with Gasteiger partial charge < -0.3 is 10.1 Å². The summed E-state index contributed by atoms with van der Waals surface area (Å²) < 4.78 is 33.1. The zero-order valence-corrected chi connectivity index (χ0v) is 18.8. The molecule has 1 N–H and O–H groups in total. The highest BCUT2D eigenvalue weighted by Gasteiger charge is 2.28. The Labute approximate surface area is 187 Å². The second-order valence-corrected chi connectivity index (χ2v) is 8.97. The highest BCUT2D eigenvalue weighted by atomic mass is 35.5. The Bertz CT molecular complexity index is 1170. The summed E-state index contributed by atoms with van der Waals surface area (Å²) in [6.07, 6.45) is 0.618. The molecule has 3 aromatic rings. The number of nitrogens with one attached hydrogen (secondary N) is 1. The lowest BCUT2D eigenvalue weighted by Gasteiger charge is -2.26. The van der Waals surface area contributed by atoms with Gasteiger partial charge in [-0.15, -0.1) is 0 Å². The van der Waals surface area contributed by atoms with Gasteiger partial charge in [0.15, 0.2) is 0 Å². The average Bonchev–Trinajstić information content (AvgIpc) is 2.78. The number of rotatable bonds is 8. The van der Waals surface area contributed by atoms with Gasteiger partial charge in [-0.3, -0.25) is 9.10 Å². The van der Waals surface area contributed by atoms with E-state index in [2.05, 4.69) is 5.32 Å². The predicted molar refractivity (Wildman–Crippen MR) is 123 cm³/mol. The van der Waals surface area contributed by atoms with E-state index in [1.165, 1.54) is 19.2 Å². The SMILES string of the molecule is CCc1ccccc1N(CC(=O)Nc1ccc(OC)c(Cl)c1)S(=O)(=O)c1ccccc1. The molecule has 0 aromatic heterocycles. The Morgan fingerprint density at radius 3 is 2.35 bits per heavy atom. The van der Waals surface area contributed by atoms with E-state index in [0.29, 0.717) is 28.6 Å². The minimum absolute atomic E-state index is 0.112. The lowest BCUT2D eigenvalue weighted by molar-refractivity contribution is -0.114. The minimum atomic E-state index is -3.97. The first-order chi connectivity index (χ1) is 14.9. The minimum Gasteiger partial charge on any atom is -0.495 e. The van der Waals surface area contributed by atoms with Gasteiger partial charge in [0.25, 0.3) is 10.0 Å². The van der Waals surface area contributed by atoms with Crippen molar-refractivity contribution in [3.05, 3.63) is 83.4 Å². The molecule has 0 bridgehead atoms. The van der Waals surface area contributed by atoms with E-state index in [1.807, 2.05) is 19.1 Å². The number of amides is 1. The zero-order chi connectivity index (χ0) is 22.4. The van der Waals surface area contributed by atoms with Crippen molar-refractivity contribution in [1.82, 2.24) is 0 Å². The maximum absolute atomic E-state index is 13.4. The van der Waals surface area contributed by atoms with E-state index < -0.39 is 22.5 Å². The second-order valence-electron chi connectivity index (χ2n) is 6.70. The van der Waals surface area contributed by atoms with E-state index in [1.54, 1.807) is 48.5 Å². The van der Waals surface area contributed by atoms with Crippen LogP contribution in [-0.4, -0.2) is 28.0 Å². The molecule has 0 heterocycles. The van der Waals surface area contributed by atoms with Gasteiger partial charge in [0.1, 0.15) is 12.3 Å². The number of ether oxygens (including phenoxy) is 1. The Balaban J connectivity index is 1.95. The van der Waals surface area contributed by atoms with Gasteiger partial charge in [0.05, 0.1) is 22.7 Å². The average molecular weight is 459 g/mol. The largest absolute Gasteiger partial charge is 0.495 e. The molecule has 3 rings (SSSR count). The molecule has 0 unspecified atom stereocenters. The first-order valence-electron chi connectivity index (χ1n) is 9.66. The fraction of sp³-hybridized carbons (Fsp3) is 0.174. The maximum Gasteiger partial charge on any atom is 0.264 e. The number of hydrogen-bond acceptors (Lipinski definition) is 4. The Hall–Kier alpha value is -3.03. The normalized spacial score (nSPS) is 11.1. The first-order valence-corrected chi connectivity index (χ1v) is 11.5. The number of benzene rings is 3. The molecule has 0 fully saturated rings. The van der Waals surface area contributed by atoms with E-state index in [-0.39, 0.29) is 4.90 Å². The smallest absolute Gasteiger partial charge is 0.264 e. The number of methoxy groups -OCH3 is 1. The molecule has 0 radical (unpaired) electrons. The monoisotopic (exact) mass is 458 g/mol. The lowest BCUT2D eigenvalue weighted by atomic mass is 10.1. The van der Waals surface area contributed by atoms with Crippen molar-refractivity contribution in [2.24, 2.45) is 0 Å². The van der Waals surface area contributed by atoms with Gasteiger partial charge in [-0.05, 0) is 48.4 Å². The summed E-state index contributed by atoms with van der Waals surface area (Å²) in [4.78, 5) is 13.0. The third kappa shape index (κ3) is 5.18. The molecule has 0 aliphatic heterocycles. The van der Waals surface area contributed by atoms with Gasteiger partial charge in [0, 0.05) is 5.69 Å². The number of halogens is 1. The first kappa shape index (κ1) is 22.7. The number of para-hydroxylation sites is 1. The number of anilines is 2. The summed E-state index contributed by atoms with van der Waals surface area (Å²) in [7, 11) is -2.47. The van der Waals surface area contributed by atoms with E-state index in [9.17, 15) is 13.2 Å². The summed E-state index contributed by atoms with van der Waals surface area (Å²) in [5, 5.41) is 3.05. The summed E-state index contributed by atoms with van der Waals surface area (Å²) in [6.45, 7) is 1.55. The highest BCUT2D eigenvalue weighted by Crippen LogP contribution is 2.29. The number of hydrogen-bond donors (Lipinski definition) is 1. The topological polar surface area (TPSA) is 75.7 Å². The fourth-order valence-electron chi connectivity index (χ4n) is 3.15. The van der Waals surface area contributed by atoms with Gasteiger partial charge in [0.2, 0.25) is 5.91 Å². The maximum atomic E-state index is 13.4. The third-order valence-corrected chi connectivity index (χ3v) is 6.76. The van der Waals surface area contributed by atoms with Crippen LogP contribution in [-0.2, 0) is 21.2 Å². The Morgan fingerprint density at radius 2 is 1.71 bits per heavy atom. The molecule has 6 nitrogen and oxygen atoms in total. The quantitative estimate of drug-likeness (QED) is 0.528. The molecule has 162 valence electrons. The summed E-state index contributed by atoms with van der Waals surface area (Å²) >= 11 is 6.12. The fourth-order valence-corrected chi connectivity index (χ4v) is 4.89. The van der Waals surface area contributed by atoms with Gasteiger partial charge in [-0.25, -0.2) is 8.42 Å². The van der Waals surface area contributed by atoms with Gasteiger partial charge in [-0.2, -0.15) is 0 Å². The number of aryl methyl sites for hydroxylation is 1.